The normalized spacial score (nSPS) is 11.2. The summed E-state index contributed by atoms with van der Waals surface area (Å²) in [6, 6.07) is 9.29. The molecule has 1 heterocycles. The van der Waals surface area contributed by atoms with E-state index in [9.17, 15) is 0 Å². The number of aliphatic imine (C=N–C) groups is 1. The van der Waals surface area contributed by atoms with Gasteiger partial charge in [0.15, 0.2) is 0 Å². The van der Waals surface area contributed by atoms with Gasteiger partial charge in [0.2, 0.25) is 0 Å². The summed E-state index contributed by atoms with van der Waals surface area (Å²) in [7, 11) is 0. The van der Waals surface area contributed by atoms with E-state index in [4.69, 9.17) is 23.2 Å². The highest BCUT2D eigenvalue weighted by Crippen LogP contribution is 2.27. The maximum absolute atomic E-state index is 5.89. The summed E-state index contributed by atoms with van der Waals surface area (Å²) in [6.07, 6.45) is 1.80. The van der Waals surface area contributed by atoms with Gasteiger partial charge in [-0.3, -0.25) is 4.99 Å². The Labute approximate surface area is 116 Å². The van der Waals surface area contributed by atoms with E-state index in [0.717, 1.165) is 14.4 Å². The van der Waals surface area contributed by atoms with E-state index in [1.54, 1.807) is 29.7 Å². The first-order valence-electron chi connectivity index (χ1n) is 4.39. The molecule has 1 aromatic heterocycles. The summed E-state index contributed by atoms with van der Waals surface area (Å²) in [6.45, 7) is 0. The van der Waals surface area contributed by atoms with E-state index in [0.29, 0.717) is 10.0 Å². The van der Waals surface area contributed by atoms with Crippen LogP contribution in [0.1, 0.15) is 4.88 Å². The lowest BCUT2D eigenvalue weighted by Gasteiger charge is -1.96. The maximum Gasteiger partial charge on any atom is 0.0705 e. The van der Waals surface area contributed by atoms with Crippen LogP contribution in [0.15, 0.2) is 39.1 Å². The van der Waals surface area contributed by atoms with Crippen LogP contribution >= 0.6 is 50.5 Å². The van der Waals surface area contributed by atoms with E-state index < -0.39 is 0 Å². The molecule has 0 saturated heterocycles. The molecule has 2 rings (SSSR count). The molecule has 5 heteroatoms. The van der Waals surface area contributed by atoms with E-state index >= 15 is 0 Å². The van der Waals surface area contributed by atoms with Crippen LogP contribution in [0.5, 0.6) is 0 Å². The monoisotopic (exact) mass is 333 g/mol. The molecule has 0 bridgehead atoms. The lowest BCUT2D eigenvalue weighted by molar-refractivity contribution is 1.54. The highest BCUT2D eigenvalue weighted by Gasteiger charge is 1.98. The average Bonchev–Trinajstić information content (AvgIpc) is 2.66. The molecule has 16 heavy (non-hydrogen) atoms. The Morgan fingerprint density at radius 2 is 1.94 bits per heavy atom. The van der Waals surface area contributed by atoms with E-state index in [1.165, 1.54) is 0 Å². The molecule has 2 aromatic rings. The Bertz CT molecular complexity index is 537. The summed E-state index contributed by atoms with van der Waals surface area (Å²) in [5.41, 5.74) is 0.791. The van der Waals surface area contributed by atoms with E-state index in [1.807, 2.05) is 18.2 Å². The number of nitrogens with zero attached hydrogens (tertiary/aromatic N) is 1. The van der Waals surface area contributed by atoms with Crippen LogP contribution in [-0.4, -0.2) is 6.21 Å². The van der Waals surface area contributed by atoms with Gasteiger partial charge in [-0.05, 0) is 46.3 Å². The van der Waals surface area contributed by atoms with Crippen molar-refractivity contribution in [2.75, 3.05) is 0 Å². The first kappa shape index (κ1) is 12.1. The third-order valence-corrected chi connectivity index (χ3v) is 4.14. The van der Waals surface area contributed by atoms with Gasteiger partial charge in [0.05, 0.1) is 19.5 Å². The molecule has 0 fully saturated rings. The molecular formula is C11H6BrCl2NS. The van der Waals surface area contributed by atoms with Gasteiger partial charge in [0.25, 0.3) is 0 Å². The first-order valence-corrected chi connectivity index (χ1v) is 6.76. The summed E-state index contributed by atoms with van der Waals surface area (Å²) in [5, 5.41) is 1.06. The van der Waals surface area contributed by atoms with Gasteiger partial charge >= 0.3 is 0 Å². The minimum atomic E-state index is 0.517. The summed E-state index contributed by atoms with van der Waals surface area (Å²) in [5.74, 6) is 0. The van der Waals surface area contributed by atoms with Crippen LogP contribution in [0.2, 0.25) is 10.0 Å². The minimum Gasteiger partial charge on any atom is -0.255 e. The lowest BCUT2D eigenvalue weighted by Crippen LogP contribution is -1.73. The fourth-order valence-electron chi connectivity index (χ4n) is 1.10. The molecule has 1 aromatic carbocycles. The average molecular weight is 335 g/mol. The van der Waals surface area contributed by atoms with Gasteiger partial charge in [-0.15, -0.1) is 11.3 Å². The SMILES string of the molecule is Clc1ccc(N=Cc2ccc(Br)s2)cc1Cl. The number of hydrogen-bond donors (Lipinski definition) is 0. The van der Waals surface area contributed by atoms with Gasteiger partial charge in [0.1, 0.15) is 0 Å². The predicted molar refractivity (Wildman–Crippen MR) is 75.7 cm³/mol. The summed E-state index contributed by atoms with van der Waals surface area (Å²) < 4.78 is 1.09. The van der Waals surface area contributed by atoms with Gasteiger partial charge in [-0.1, -0.05) is 23.2 Å². The van der Waals surface area contributed by atoms with Crippen molar-refractivity contribution in [1.82, 2.24) is 0 Å². The van der Waals surface area contributed by atoms with Gasteiger partial charge < -0.3 is 0 Å². The molecule has 0 aliphatic heterocycles. The van der Waals surface area contributed by atoms with E-state index in [2.05, 4.69) is 20.9 Å². The van der Waals surface area contributed by atoms with Gasteiger partial charge in [-0.25, -0.2) is 0 Å². The molecule has 0 aliphatic carbocycles. The minimum absolute atomic E-state index is 0.517. The zero-order valence-corrected chi connectivity index (χ0v) is 11.9. The molecule has 1 nitrogen and oxygen atoms in total. The zero-order chi connectivity index (χ0) is 11.5. The Kier molecular flexibility index (Phi) is 4.03. The number of benzene rings is 1. The Balaban J connectivity index is 2.20. The topological polar surface area (TPSA) is 12.4 Å². The maximum atomic E-state index is 5.89. The lowest BCUT2D eigenvalue weighted by atomic mass is 10.3. The van der Waals surface area contributed by atoms with E-state index in [-0.39, 0.29) is 0 Å². The highest BCUT2D eigenvalue weighted by molar-refractivity contribution is 9.11. The van der Waals surface area contributed by atoms with Crippen molar-refractivity contribution >= 4 is 62.4 Å². The van der Waals surface area contributed by atoms with Crippen molar-refractivity contribution in [2.45, 2.75) is 0 Å². The Morgan fingerprint density at radius 3 is 2.56 bits per heavy atom. The van der Waals surface area contributed by atoms with Crippen molar-refractivity contribution in [3.8, 4) is 0 Å². The number of rotatable bonds is 2. The molecule has 0 atom stereocenters. The molecular weight excluding hydrogens is 329 g/mol. The second-order valence-corrected chi connectivity index (χ2v) is 6.31. The smallest absolute Gasteiger partial charge is 0.0705 e. The van der Waals surface area contributed by atoms with Gasteiger partial charge in [-0.2, -0.15) is 0 Å². The second-order valence-electron chi connectivity index (χ2n) is 3.00. The highest BCUT2D eigenvalue weighted by atomic mass is 79.9. The van der Waals surface area contributed by atoms with Crippen molar-refractivity contribution in [3.05, 3.63) is 49.0 Å². The van der Waals surface area contributed by atoms with Crippen LogP contribution < -0.4 is 0 Å². The molecule has 82 valence electrons. The molecule has 0 spiro atoms. The van der Waals surface area contributed by atoms with Crippen LogP contribution in [0.3, 0.4) is 0 Å². The third kappa shape index (κ3) is 3.08. The van der Waals surface area contributed by atoms with Crippen molar-refractivity contribution in [2.24, 2.45) is 4.99 Å². The molecule has 0 aliphatic rings. The standard InChI is InChI=1S/C11H6BrCl2NS/c12-11-4-2-8(16-11)6-15-7-1-3-9(13)10(14)5-7/h1-6H. The number of halogens is 3. The van der Waals surface area contributed by atoms with Crippen molar-refractivity contribution < 1.29 is 0 Å². The van der Waals surface area contributed by atoms with Crippen LogP contribution in [-0.2, 0) is 0 Å². The molecule has 0 N–H and O–H groups in total. The summed E-state index contributed by atoms with van der Waals surface area (Å²) in [4.78, 5) is 5.39. The zero-order valence-electron chi connectivity index (χ0n) is 7.95. The molecule has 0 saturated carbocycles. The second kappa shape index (κ2) is 5.32. The fraction of sp³-hybridized carbons (Fsp3) is 0. The van der Waals surface area contributed by atoms with Gasteiger partial charge in [0, 0.05) is 11.1 Å². The van der Waals surface area contributed by atoms with Crippen molar-refractivity contribution in [3.63, 3.8) is 0 Å². The predicted octanol–water partition coefficient (Wildman–Crippen LogP) is 5.57. The first-order chi connectivity index (χ1) is 7.65. The van der Waals surface area contributed by atoms with Crippen LogP contribution in [0.4, 0.5) is 5.69 Å². The molecule has 0 unspecified atom stereocenters. The van der Waals surface area contributed by atoms with Crippen molar-refractivity contribution in [1.29, 1.82) is 0 Å². The Hall–Kier alpha value is -0.350. The largest absolute Gasteiger partial charge is 0.255 e. The molecule has 0 radical (unpaired) electrons. The Morgan fingerprint density at radius 1 is 1.12 bits per heavy atom. The molecule has 0 amide bonds. The third-order valence-electron chi connectivity index (χ3n) is 1.84. The van der Waals surface area contributed by atoms with Crippen LogP contribution in [0, 0.1) is 0 Å². The quantitative estimate of drug-likeness (QED) is 0.637. The van der Waals surface area contributed by atoms with Crippen LogP contribution in [0.25, 0.3) is 0 Å². The number of hydrogen-bond acceptors (Lipinski definition) is 2. The fourth-order valence-corrected chi connectivity index (χ4v) is 2.69. The number of thiophene rings is 1. The summed E-state index contributed by atoms with van der Waals surface area (Å²) >= 11 is 16.7.